The first kappa shape index (κ1) is 31.2. The van der Waals surface area contributed by atoms with Crippen molar-refractivity contribution in [1.29, 1.82) is 0 Å². The van der Waals surface area contributed by atoms with Crippen molar-refractivity contribution >= 4 is 23.4 Å². The van der Waals surface area contributed by atoms with Crippen LogP contribution >= 0.6 is 0 Å². The lowest BCUT2D eigenvalue weighted by molar-refractivity contribution is -0.134. The first-order valence-electron chi connectivity index (χ1n) is 16.4. The summed E-state index contributed by atoms with van der Waals surface area (Å²) in [5.74, 6) is 2.75. The van der Waals surface area contributed by atoms with Crippen molar-refractivity contribution in [1.82, 2.24) is 29.4 Å². The number of nitrogens with zero attached hydrogens (tertiary/aromatic N) is 6. The molecule has 2 aromatic heterocycles. The number of carbonyl (C=O) groups is 2. The van der Waals surface area contributed by atoms with Crippen molar-refractivity contribution in [2.75, 3.05) is 23.8 Å². The quantitative estimate of drug-likeness (QED) is 0.215. The van der Waals surface area contributed by atoms with Crippen LogP contribution in [0.1, 0.15) is 55.4 Å². The van der Waals surface area contributed by atoms with Gasteiger partial charge in [-0.3, -0.25) is 10.1 Å². The second kappa shape index (κ2) is 12.6. The summed E-state index contributed by atoms with van der Waals surface area (Å²) in [6.45, 7) is 9.83. The van der Waals surface area contributed by atoms with E-state index in [4.69, 9.17) is 9.84 Å². The second-order valence-electron chi connectivity index (χ2n) is 13.5. The first-order valence-corrected chi connectivity index (χ1v) is 16.4. The number of nitrogens with one attached hydrogen (secondary N) is 2. The van der Waals surface area contributed by atoms with E-state index in [0.717, 1.165) is 70.2 Å². The number of fused-ring (bicyclic) bond motifs is 2. The van der Waals surface area contributed by atoms with Crippen LogP contribution in [-0.2, 0) is 36.1 Å². The minimum absolute atomic E-state index is 0.0709. The number of urea groups is 1. The Morgan fingerprint density at radius 3 is 2.44 bits per heavy atom. The van der Waals surface area contributed by atoms with Gasteiger partial charge in [0.25, 0.3) is 5.91 Å². The zero-order valence-electron chi connectivity index (χ0n) is 27.8. The van der Waals surface area contributed by atoms with E-state index in [1.165, 1.54) is 0 Å². The Morgan fingerprint density at radius 1 is 0.896 bits per heavy atom. The molecule has 0 fully saturated rings. The van der Waals surface area contributed by atoms with Crippen LogP contribution < -0.4 is 15.4 Å². The highest BCUT2D eigenvalue weighted by Crippen LogP contribution is 2.36. The predicted octanol–water partition coefficient (Wildman–Crippen LogP) is 6.29. The summed E-state index contributed by atoms with van der Waals surface area (Å²) < 4.78 is 9.96. The molecule has 2 N–H and O–H groups in total. The number of amides is 3. The molecule has 3 aromatic carbocycles. The third kappa shape index (κ3) is 6.27. The average molecular weight is 645 g/mol. The van der Waals surface area contributed by atoms with E-state index in [1.54, 1.807) is 9.58 Å². The van der Waals surface area contributed by atoms with E-state index in [2.05, 4.69) is 46.2 Å². The predicted molar refractivity (Wildman–Crippen MR) is 184 cm³/mol. The van der Waals surface area contributed by atoms with E-state index in [9.17, 15) is 9.59 Å². The molecule has 246 valence electrons. The summed E-state index contributed by atoms with van der Waals surface area (Å²) in [5.41, 5.74) is 6.51. The third-order valence-electron chi connectivity index (χ3n) is 8.98. The molecule has 7 rings (SSSR count). The summed E-state index contributed by atoms with van der Waals surface area (Å²) in [7, 11) is 0. The Labute approximate surface area is 279 Å². The fraction of sp³-hybridized carbons (Fsp3) is 0.324. The standard InChI is InChI=1S/C37H40N8O3/c1-24-13-15-26(16-14-24)45-32(21-31(42-45)37(2,3)4)39-36(47)38-29-17-18-30(28-12-8-11-27(28)29)48-23-34(46)43-19-20-44-33(22-43)40-41-35(44)25-9-6-5-7-10-25/h5-7,9-10,13-18,21H,8,11-12,19-20,22-23H2,1-4H3,(H2,38,39,47). The molecule has 1 aliphatic heterocycles. The van der Waals surface area contributed by atoms with Gasteiger partial charge in [0.15, 0.2) is 18.3 Å². The lowest BCUT2D eigenvalue weighted by Crippen LogP contribution is -2.41. The van der Waals surface area contributed by atoms with E-state index in [1.807, 2.05) is 79.7 Å². The van der Waals surface area contributed by atoms with Gasteiger partial charge in [-0.25, -0.2) is 9.48 Å². The third-order valence-corrected chi connectivity index (χ3v) is 8.98. The zero-order chi connectivity index (χ0) is 33.4. The molecule has 11 nitrogen and oxygen atoms in total. The Bertz CT molecular complexity index is 1970. The number of aryl methyl sites for hydroxylation is 1. The maximum Gasteiger partial charge on any atom is 0.324 e. The molecule has 2 aliphatic rings. The van der Waals surface area contributed by atoms with Gasteiger partial charge in [0.05, 0.1) is 17.9 Å². The second-order valence-corrected chi connectivity index (χ2v) is 13.5. The van der Waals surface area contributed by atoms with Crippen LogP contribution in [0.4, 0.5) is 16.3 Å². The zero-order valence-corrected chi connectivity index (χ0v) is 27.8. The molecule has 0 radical (unpaired) electrons. The molecule has 1 aliphatic carbocycles. The highest BCUT2D eigenvalue weighted by atomic mass is 16.5. The van der Waals surface area contributed by atoms with Gasteiger partial charge in [0.2, 0.25) is 0 Å². The summed E-state index contributed by atoms with van der Waals surface area (Å²) >= 11 is 0. The molecule has 0 atom stereocenters. The molecule has 0 saturated heterocycles. The Kier molecular flexibility index (Phi) is 8.20. The average Bonchev–Trinajstić information content (AvgIpc) is 3.84. The monoisotopic (exact) mass is 644 g/mol. The lowest BCUT2D eigenvalue weighted by atomic mass is 9.92. The molecule has 0 saturated carbocycles. The van der Waals surface area contributed by atoms with E-state index >= 15 is 0 Å². The van der Waals surface area contributed by atoms with Gasteiger partial charge in [-0.1, -0.05) is 68.8 Å². The number of carbonyl (C=O) groups excluding carboxylic acids is 2. The highest BCUT2D eigenvalue weighted by Gasteiger charge is 2.27. The first-order chi connectivity index (χ1) is 23.1. The fourth-order valence-corrected chi connectivity index (χ4v) is 6.32. The van der Waals surface area contributed by atoms with Gasteiger partial charge < -0.3 is 19.5 Å². The van der Waals surface area contributed by atoms with Crippen LogP contribution in [0.2, 0.25) is 0 Å². The lowest BCUT2D eigenvalue weighted by Gasteiger charge is -2.28. The van der Waals surface area contributed by atoms with Crippen LogP contribution in [0, 0.1) is 6.92 Å². The summed E-state index contributed by atoms with van der Waals surface area (Å²) in [5, 5.41) is 19.6. The van der Waals surface area contributed by atoms with Crippen molar-refractivity contribution in [3.8, 4) is 22.8 Å². The van der Waals surface area contributed by atoms with E-state index < -0.39 is 0 Å². The normalized spacial score (nSPS) is 14.0. The number of hydrogen-bond acceptors (Lipinski definition) is 6. The number of hydrogen-bond donors (Lipinski definition) is 2. The van der Waals surface area contributed by atoms with Crippen molar-refractivity contribution in [2.24, 2.45) is 0 Å². The molecule has 0 spiro atoms. The smallest absolute Gasteiger partial charge is 0.324 e. The van der Waals surface area contributed by atoms with E-state index in [0.29, 0.717) is 31.2 Å². The summed E-state index contributed by atoms with van der Waals surface area (Å²) in [6.07, 6.45) is 2.58. The number of ether oxygens (including phenoxy) is 1. The van der Waals surface area contributed by atoms with Gasteiger partial charge in [0, 0.05) is 35.8 Å². The molecule has 0 bridgehead atoms. The van der Waals surface area contributed by atoms with Crippen LogP contribution in [0.15, 0.2) is 72.8 Å². The largest absolute Gasteiger partial charge is 0.483 e. The van der Waals surface area contributed by atoms with Crippen LogP contribution in [-0.4, -0.2) is 54.5 Å². The number of benzene rings is 3. The Balaban J connectivity index is 1.01. The van der Waals surface area contributed by atoms with Crippen molar-refractivity contribution in [2.45, 2.75) is 65.5 Å². The molecule has 48 heavy (non-hydrogen) atoms. The molecule has 3 amide bonds. The van der Waals surface area contributed by atoms with Gasteiger partial charge in [-0.05, 0) is 61.6 Å². The number of aromatic nitrogens is 5. The molecular weight excluding hydrogens is 604 g/mol. The molecule has 11 heteroatoms. The minimum Gasteiger partial charge on any atom is -0.483 e. The number of anilines is 2. The van der Waals surface area contributed by atoms with Gasteiger partial charge in [-0.15, -0.1) is 10.2 Å². The number of rotatable bonds is 7. The summed E-state index contributed by atoms with van der Waals surface area (Å²) in [6, 6.07) is 23.3. The molecule has 3 heterocycles. The maximum atomic E-state index is 13.4. The highest BCUT2D eigenvalue weighted by molar-refractivity contribution is 6.00. The van der Waals surface area contributed by atoms with Gasteiger partial charge in [-0.2, -0.15) is 5.10 Å². The van der Waals surface area contributed by atoms with Crippen molar-refractivity contribution in [3.05, 3.63) is 101 Å². The van der Waals surface area contributed by atoms with Crippen LogP contribution in [0.3, 0.4) is 0 Å². The summed E-state index contributed by atoms with van der Waals surface area (Å²) in [4.78, 5) is 28.4. The van der Waals surface area contributed by atoms with Gasteiger partial charge in [0.1, 0.15) is 11.6 Å². The molecular formula is C37H40N8O3. The topological polar surface area (TPSA) is 119 Å². The molecule has 5 aromatic rings. The van der Waals surface area contributed by atoms with Crippen molar-refractivity contribution in [3.63, 3.8) is 0 Å². The van der Waals surface area contributed by atoms with Crippen molar-refractivity contribution < 1.29 is 14.3 Å². The Hall–Kier alpha value is -5.45. The van der Waals surface area contributed by atoms with Crippen LogP contribution in [0.25, 0.3) is 17.1 Å². The minimum atomic E-state index is -0.352. The van der Waals surface area contributed by atoms with E-state index in [-0.39, 0.29) is 24.0 Å². The molecule has 0 unspecified atom stereocenters. The van der Waals surface area contributed by atoms with Crippen LogP contribution in [0.5, 0.6) is 5.75 Å². The SMILES string of the molecule is Cc1ccc(-n2nc(C(C)(C)C)cc2NC(=O)Nc2ccc(OCC(=O)N3CCn4c(nnc4-c4ccccc4)C3)c3c2CCC3)cc1. The van der Waals surface area contributed by atoms with Gasteiger partial charge >= 0.3 is 6.03 Å². The Morgan fingerprint density at radius 2 is 1.67 bits per heavy atom. The fourth-order valence-electron chi connectivity index (χ4n) is 6.32. The maximum absolute atomic E-state index is 13.4.